The fraction of sp³-hybridized carbons (Fsp3) is 0.700. The van der Waals surface area contributed by atoms with Crippen molar-refractivity contribution in [3.63, 3.8) is 0 Å². The largest absolute Gasteiger partial charge is 0.330 e. The average molecular weight is 196 g/mol. The minimum atomic E-state index is 0.716. The molecule has 0 saturated heterocycles. The van der Waals surface area contributed by atoms with E-state index in [4.69, 9.17) is 5.73 Å². The number of hydrogen-bond acceptors (Lipinski definition) is 3. The van der Waals surface area contributed by atoms with Crippen molar-refractivity contribution in [3.8, 4) is 0 Å². The smallest absolute Gasteiger partial charge is 0.0959 e. The molecule has 0 aliphatic heterocycles. The molecule has 1 heterocycles. The number of nitrogens with zero attached hydrogens (tertiary/aromatic N) is 1. The van der Waals surface area contributed by atoms with Crippen molar-refractivity contribution in [1.29, 1.82) is 0 Å². The molecule has 1 aromatic heterocycles. The first-order valence-corrected chi connectivity index (χ1v) is 5.92. The van der Waals surface area contributed by atoms with Gasteiger partial charge in [-0.2, -0.15) is 0 Å². The van der Waals surface area contributed by atoms with Gasteiger partial charge >= 0.3 is 0 Å². The lowest BCUT2D eigenvalue weighted by Crippen LogP contribution is -2.03. The summed E-state index contributed by atoms with van der Waals surface area (Å²) in [5.74, 6) is 0.761. The molecule has 0 unspecified atom stereocenters. The minimum absolute atomic E-state index is 0.716. The maximum atomic E-state index is 5.49. The molecular formula is C10H16N2S. The van der Waals surface area contributed by atoms with E-state index in [2.05, 4.69) is 10.4 Å². The third kappa shape index (κ3) is 2.09. The van der Waals surface area contributed by atoms with Crippen molar-refractivity contribution in [1.82, 2.24) is 4.98 Å². The number of aromatic nitrogens is 1. The van der Waals surface area contributed by atoms with Crippen LogP contribution < -0.4 is 5.73 Å². The molecule has 0 radical (unpaired) electrons. The van der Waals surface area contributed by atoms with Crippen molar-refractivity contribution in [2.24, 2.45) is 5.73 Å². The summed E-state index contributed by atoms with van der Waals surface area (Å²) in [6.07, 6.45) is 6.39. The maximum absolute atomic E-state index is 5.49. The van der Waals surface area contributed by atoms with Gasteiger partial charge in [0.1, 0.15) is 0 Å². The van der Waals surface area contributed by atoms with Gasteiger partial charge in [0.25, 0.3) is 0 Å². The standard InChI is InChI=1S/C10H16N2S/c11-6-5-9-7-13-10(12-9)8-3-1-2-4-8/h7-8H,1-6,11H2. The van der Waals surface area contributed by atoms with Crippen LogP contribution in [0, 0.1) is 0 Å². The fourth-order valence-electron chi connectivity index (χ4n) is 1.95. The molecule has 3 heteroatoms. The van der Waals surface area contributed by atoms with Crippen LogP contribution in [0.3, 0.4) is 0 Å². The molecule has 0 aromatic carbocycles. The molecular weight excluding hydrogens is 180 g/mol. The molecule has 0 bridgehead atoms. The van der Waals surface area contributed by atoms with E-state index in [-0.39, 0.29) is 0 Å². The minimum Gasteiger partial charge on any atom is -0.330 e. The summed E-state index contributed by atoms with van der Waals surface area (Å²) in [5.41, 5.74) is 6.68. The second kappa shape index (κ2) is 4.20. The van der Waals surface area contributed by atoms with Crippen molar-refractivity contribution < 1.29 is 0 Å². The zero-order valence-electron chi connectivity index (χ0n) is 7.83. The van der Waals surface area contributed by atoms with Gasteiger partial charge < -0.3 is 5.73 Å². The summed E-state index contributed by atoms with van der Waals surface area (Å²) in [6.45, 7) is 0.716. The van der Waals surface area contributed by atoms with Gasteiger partial charge in [-0.15, -0.1) is 11.3 Å². The predicted molar refractivity (Wildman–Crippen MR) is 56.1 cm³/mol. The Hall–Kier alpha value is -0.410. The Balaban J connectivity index is 2.03. The zero-order chi connectivity index (χ0) is 9.10. The van der Waals surface area contributed by atoms with Gasteiger partial charge in [-0.3, -0.25) is 0 Å². The number of thiazole rings is 1. The molecule has 2 rings (SSSR count). The SMILES string of the molecule is NCCc1csc(C2CCCC2)n1. The second-order valence-corrected chi connectivity index (χ2v) is 4.59. The van der Waals surface area contributed by atoms with E-state index in [9.17, 15) is 0 Å². The number of nitrogens with two attached hydrogens (primary N) is 1. The van der Waals surface area contributed by atoms with Gasteiger partial charge in [-0.1, -0.05) is 12.8 Å². The summed E-state index contributed by atoms with van der Waals surface area (Å²) in [7, 11) is 0. The van der Waals surface area contributed by atoms with Crippen LogP contribution in [0.2, 0.25) is 0 Å². The Kier molecular flexibility index (Phi) is 2.96. The van der Waals surface area contributed by atoms with E-state index in [0.29, 0.717) is 6.54 Å². The first-order chi connectivity index (χ1) is 6.40. The monoisotopic (exact) mass is 196 g/mol. The van der Waals surface area contributed by atoms with Crippen LogP contribution in [0.1, 0.15) is 42.3 Å². The first-order valence-electron chi connectivity index (χ1n) is 5.04. The molecule has 1 aliphatic carbocycles. The van der Waals surface area contributed by atoms with Crippen LogP contribution in [0.25, 0.3) is 0 Å². The summed E-state index contributed by atoms with van der Waals surface area (Å²) < 4.78 is 0. The molecule has 0 spiro atoms. The first kappa shape index (κ1) is 9.16. The van der Waals surface area contributed by atoms with Gasteiger partial charge in [-0.05, 0) is 19.4 Å². The Morgan fingerprint density at radius 1 is 1.46 bits per heavy atom. The van der Waals surface area contributed by atoms with Crippen molar-refractivity contribution in [3.05, 3.63) is 16.1 Å². The average Bonchev–Trinajstić information content (AvgIpc) is 2.70. The second-order valence-electron chi connectivity index (χ2n) is 3.70. The third-order valence-electron chi connectivity index (χ3n) is 2.67. The lowest BCUT2D eigenvalue weighted by atomic mass is 10.1. The van der Waals surface area contributed by atoms with E-state index in [1.807, 2.05) is 11.3 Å². The van der Waals surface area contributed by atoms with E-state index in [0.717, 1.165) is 12.3 Å². The van der Waals surface area contributed by atoms with Crippen LogP contribution in [-0.4, -0.2) is 11.5 Å². The Morgan fingerprint density at radius 2 is 2.23 bits per heavy atom. The number of rotatable bonds is 3. The summed E-state index contributed by atoms with van der Waals surface area (Å²) in [6, 6.07) is 0. The molecule has 1 aromatic rings. The lowest BCUT2D eigenvalue weighted by molar-refractivity contribution is 0.711. The molecule has 1 aliphatic rings. The molecule has 13 heavy (non-hydrogen) atoms. The van der Waals surface area contributed by atoms with Crippen LogP contribution in [0.4, 0.5) is 0 Å². The van der Waals surface area contributed by atoms with Gasteiger partial charge in [0.15, 0.2) is 0 Å². The van der Waals surface area contributed by atoms with Gasteiger partial charge in [0, 0.05) is 17.7 Å². The van der Waals surface area contributed by atoms with E-state index >= 15 is 0 Å². The van der Waals surface area contributed by atoms with Crippen molar-refractivity contribution in [2.75, 3.05) is 6.54 Å². The summed E-state index contributed by atoms with van der Waals surface area (Å²) >= 11 is 1.82. The molecule has 2 nitrogen and oxygen atoms in total. The summed E-state index contributed by atoms with van der Waals surface area (Å²) in [5, 5.41) is 3.52. The highest BCUT2D eigenvalue weighted by Crippen LogP contribution is 2.35. The Morgan fingerprint density at radius 3 is 2.92 bits per heavy atom. The molecule has 2 N–H and O–H groups in total. The topological polar surface area (TPSA) is 38.9 Å². The highest BCUT2D eigenvalue weighted by atomic mass is 32.1. The molecule has 0 atom stereocenters. The summed E-state index contributed by atoms with van der Waals surface area (Å²) in [4.78, 5) is 4.62. The quantitative estimate of drug-likeness (QED) is 0.805. The lowest BCUT2D eigenvalue weighted by Gasteiger charge is -2.02. The van der Waals surface area contributed by atoms with Gasteiger partial charge in [0.2, 0.25) is 0 Å². The van der Waals surface area contributed by atoms with Crippen LogP contribution >= 0.6 is 11.3 Å². The Labute approximate surface area is 83.2 Å². The van der Waals surface area contributed by atoms with Gasteiger partial charge in [0.05, 0.1) is 10.7 Å². The third-order valence-corrected chi connectivity index (χ3v) is 3.73. The predicted octanol–water partition coefficient (Wildman–Crippen LogP) is 2.30. The van der Waals surface area contributed by atoms with Gasteiger partial charge in [-0.25, -0.2) is 4.98 Å². The number of hydrogen-bond donors (Lipinski definition) is 1. The molecule has 1 saturated carbocycles. The zero-order valence-corrected chi connectivity index (χ0v) is 8.65. The maximum Gasteiger partial charge on any atom is 0.0959 e. The van der Waals surface area contributed by atoms with Crippen molar-refractivity contribution >= 4 is 11.3 Å². The highest BCUT2D eigenvalue weighted by molar-refractivity contribution is 7.09. The van der Waals surface area contributed by atoms with E-state index in [1.54, 1.807) is 0 Å². The van der Waals surface area contributed by atoms with E-state index in [1.165, 1.54) is 36.4 Å². The molecule has 1 fully saturated rings. The van der Waals surface area contributed by atoms with Crippen molar-refractivity contribution in [2.45, 2.75) is 38.0 Å². The van der Waals surface area contributed by atoms with Crippen LogP contribution in [-0.2, 0) is 6.42 Å². The fourth-order valence-corrected chi connectivity index (χ4v) is 2.97. The molecule has 0 amide bonds. The normalized spacial score (nSPS) is 18.2. The van der Waals surface area contributed by atoms with Crippen LogP contribution in [0.15, 0.2) is 5.38 Å². The van der Waals surface area contributed by atoms with E-state index < -0.39 is 0 Å². The molecule has 72 valence electrons. The van der Waals surface area contributed by atoms with Crippen LogP contribution in [0.5, 0.6) is 0 Å². The highest BCUT2D eigenvalue weighted by Gasteiger charge is 2.19. The Bertz CT molecular complexity index is 264.